The van der Waals surface area contributed by atoms with Gasteiger partial charge in [0.1, 0.15) is 11.8 Å². The normalized spacial score (nSPS) is 10.2. The molecule has 19 heavy (non-hydrogen) atoms. The van der Waals surface area contributed by atoms with Crippen molar-refractivity contribution >= 4 is 11.3 Å². The Morgan fingerprint density at radius 2 is 2.26 bits per heavy atom. The smallest absolute Gasteiger partial charge is 0.136 e. The molecule has 1 aromatic heterocycles. The molecule has 1 heterocycles. The third kappa shape index (κ3) is 3.53. The van der Waals surface area contributed by atoms with Crippen LogP contribution in [0.3, 0.4) is 0 Å². The fourth-order valence-corrected chi connectivity index (χ4v) is 2.53. The van der Waals surface area contributed by atoms with Crippen LogP contribution in [0, 0.1) is 18.3 Å². The number of nitriles is 1. The zero-order valence-corrected chi connectivity index (χ0v) is 11.8. The predicted octanol–water partition coefficient (Wildman–Crippen LogP) is 2.62. The first-order valence-electron chi connectivity index (χ1n) is 5.92. The first-order chi connectivity index (χ1) is 9.22. The van der Waals surface area contributed by atoms with Crippen LogP contribution in [0.25, 0.3) is 0 Å². The highest BCUT2D eigenvalue weighted by molar-refractivity contribution is 7.11. The number of ether oxygens (including phenoxy) is 1. The minimum atomic E-state index is 0.565. The molecule has 4 nitrogen and oxygen atoms in total. The van der Waals surface area contributed by atoms with Crippen LogP contribution in [0.5, 0.6) is 5.75 Å². The van der Waals surface area contributed by atoms with Crippen LogP contribution in [-0.4, -0.2) is 12.1 Å². The van der Waals surface area contributed by atoms with Crippen molar-refractivity contribution in [1.29, 1.82) is 5.26 Å². The number of hydrogen-bond donors (Lipinski definition) is 1. The summed E-state index contributed by atoms with van der Waals surface area (Å²) >= 11 is 1.69. The molecular formula is C14H15N3OS. The second-order valence-corrected chi connectivity index (χ2v) is 5.41. The van der Waals surface area contributed by atoms with E-state index in [1.165, 1.54) is 4.88 Å². The number of nitrogens with zero attached hydrogens (tertiary/aromatic N) is 2. The molecule has 5 heteroatoms. The summed E-state index contributed by atoms with van der Waals surface area (Å²) in [7, 11) is 1.57. The number of rotatable bonds is 5. The van der Waals surface area contributed by atoms with Crippen molar-refractivity contribution in [3.63, 3.8) is 0 Å². The molecule has 98 valence electrons. The maximum atomic E-state index is 9.02. The first kappa shape index (κ1) is 13.5. The summed E-state index contributed by atoms with van der Waals surface area (Å²) in [5.41, 5.74) is 1.63. The number of methoxy groups -OCH3 is 1. The fourth-order valence-electron chi connectivity index (χ4n) is 1.77. The second kappa shape index (κ2) is 6.32. The van der Waals surface area contributed by atoms with E-state index in [1.807, 2.05) is 31.3 Å². The molecule has 0 fully saturated rings. The van der Waals surface area contributed by atoms with Gasteiger partial charge in [0.2, 0.25) is 0 Å². The molecule has 0 bridgehead atoms. The van der Waals surface area contributed by atoms with Crippen molar-refractivity contribution < 1.29 is 4.74 Å². The van der Waals surface area contributed by atoms with E-state index in [1.54, 1.807) is 18.4 Å². The third-order valence-electron chi connectivity index (χ3n) is 2.68. The lowest BCUT2D eigenvalue weighted by atomic mass is 10.1. The Bertz CT molecular complexity index is 601. The van der Waals surface area contributed by atoms with E-state index in [0.29, 0.717) is 11.3 Å². The predicted molar refractivity (Wildman–Crippen MR) is 75.1 cm³/mol. The Morgan fingerprint density at radius 1 is 1.42 bits per heavy atom. The monoisotopic (exact) mass is 273 g/mol. The Hall–Kier alpha value is -1.90. The minimum Gasteiger partial charge on any atom is -0.495 e. The summed E-state index contributed by atoms with van der Waals surface area (Å²) in [5.74, 6) is 0.615. The number of hydrogen-bond acceptors (Lipinski definition) is 5. The molecule has 0 atom stereocenters. The van der Waals surface area contributed by atoms with Crippen molar-refractivity contribution in [3.05, 3.63) is 45.4 Å². The van der Waals surface area contributed by atoms with E-state index in [0.717, 1.165) is 23.7 Å². The van der Waals surface area contributed by atoms with Gasteiger partial charge in [0, 0.05) is 24.2 Å². The van der Waals surface area contributed by atoms with Crippen LogP contribution in [0.2, 0.25) is 0 Å². The Morgan fingerprint density at radius 3 is 2.89 bits per heavy atom. The van der Waals surface area contributed by atoms with E-state index in [9.17, 15) is 0 Å². The molecule has 2 rings (SSSR count). The topological polar surface area (TPSA) is 57.9 Å². The van der Waals surface area contributed by atoms with Gasteiger partial charge in [-0.2, -0.15) is 5.26 Å². The molecule has 0 amide bonds. The van der Waals surface area contributed by atoms with Crippen molar-refractivity contribution in [3.8, 4) is 11.8 Å². The van der Waals surface area contributed by atoms with Crippen LogP contribution in [0.15, 0.2) is 24.4 Å². The summed E-state index contributed by atoms with van der Waals surface area (Å²) in [6.07, 6.45) is 1.89. The van der Waals surface area contributed by atoms with E-state index >= 15 is 0 Å². The molecule has 0 aliphatic carbocycles. The summed E-state index contributed by atoms with van der Waals surface area (Å²) in [5, 5.41) is 13.4. The summed E-state index contributed by atoms with van der Waals surface area (Å²) in [6, 6.07) is 7.78. The average Bonchev–Trinajstić information content (AvgIpc) is 2.84. The number of benzene rings is 1. The number of aryl methyl sites for hydroxylation is 1. The highest BCUT2D eigenvalue weighted by Crippen LogP contribution is 2.19. The van der Waals surface area contributed by atoms with Crippen LogP contribution >= 0.6 is 11.3 Å². The average molecular weight is 273 g/mol. The summed E-state index contributed by atoms with van der Waals surface area (Å²) < 4.78 is 5.12. The molecule has 0 aliphatic rings. The molecule has 0 radical (unpaired) electrons. The fraction of sp³-hybridized carbons (Fsp3) is 0.286. The first-order valence-corrected chi connectivity index (χ1v) is 6.73. The Balaban J connectivity index is 1.95. The van der Waals surface area contributed by atoms with Crippen molar-refractivity contribution in [2.24, 2.45) is 0 Å². The summed E-state index contributed by atoms with van der Waals surface area (Å²) in [4.78, 5) is 5.43. The molecule has 0 spiro atoms. The Labute approximate surface area is 116 Å². The van der Waals surface area contributed by atoms with E-state index in [-0.39, 0.29) is 0 Å². The molecule has 0 saturated carbocycles. The number of nitrogens with one attached hydrogen (secondary N) is 1. The van der Waals surface area contributed by atoms with Crippen molar-refractivity contribution in [1.82, 2.24) is 10.3 Å². The molecule has 0 aliphatic heterocycles. The molecule has 0 unspecified atom stereocenters. The zero-order valence-electron chi connectivity index (χ0n) is 10.9. The second-order valence-electron chi connectivity index (χ2n) is 4.10. The molecule has 0 saturated heterocycles. The van der Waals surface area contributed by atoms with Crippen LogP contribution in [0.4, 0.5) is 0 Å². The number of aromatic nitrogens is 1. The van der Waals surface area contributed by atoms with Gasteiger partial charge in [-0.15, -0.1) is 11.3 Å². The third-order valence-corrected chi connectivity index (χ3v) is 3.59. The Kier molecular flexibility index (Phi) is 4.50. The highest BCUT2D eigenvalue weighted by atomic mass is 32.1. The van der Waals surface area contributed by atoms with Crippen LogP contribution in [0.1, 0.15) is 21.0 Å². The molecule has 1 N–H and O–H groups in total. The largest absolute Gasteiger partial charge is 0.495 e. The maximum Gasteiger partial charge on any atom is 0.136 e. The lowest BCUT2D eigenvalue weighted by Gasteiger charge is -2.06. The molecular weight excluding hydrogens is 258 g/mol. The highest BCUT2D eigenvalue weighted by Gasteiger charge is 2.04. The van der Waals surface area contributed by atoms with Gasteiger partial charge in [-0.1, -0.05) is 6.07 Å². The van der Waals surface area contributed by atoms with Crippen LogP contribution < -0.4 is 10.1 Å². The van der Waals surface area contributed by atoms with Crippen LogP contribution in [-0.2, 0) is 13.1 Å². The van der Waals surface area contributed by atoms with Crippen molar-refractivity contribution in [2.75, 3.05) is 7.11 Å². The quantitative estimate of drug-likeness (QED) is 0.909. The maximum absolute atomic E-state index is 9.02. The minimum absolute atomic E-state index is 0.565. The van der Waals surface area contributed by atoms with E-state index in [4.69, 9.17) is 10.00 Å². The van der Waals surface area contributed by atoms with Gasteiger partial charge in [0.05, 0.1) is 17.7 Å². The van der Waals surface area contributed by atoms with Gasteiger partial charge in [-0.25, -0.2) is 4.98 Å². The van der Waals surface area contributed by atoms with Crippen molar-refractivity contribution in [2.45, 2.75) is 20.0 Å². The SMILES string of the molecule is COc1ccc(CNCc2cnc(C)s2)cc1C#N. The van der Waals surface area contributed by atoms with Gasteiger partial charge in [-0.3, -0.25) is 0 Å². The zero-order chi connectivity index (χ0) is 13.7. The van der Waals surface area contributed by atoms with Gasteiger partial charge < -0.3 is 10.1 Å². The molecule has 2 aromatic rings. The lowest BCUT2D eigenvalue weighted by molar-refractivity contribution is 0.413. The van der Waals surface area contributed by atoms with E-state index in [2.05, 4.69) is 16.4 Å². The lowest BCUT2D eigenvalue weighted by Crippen LogP contribution is -2.11. The molecule has 1 aromatic carbocycles. The van der Waals surface area contributed by atoms with Gasteiger partial charge in [0.25, 0.3) is 0 Å². The van der Waals surface area contributed by atoms with Gasteiger partial charge in [0.15, 0.2) is 0 Å². The standard InChI is InChI=1S/C14H15N3OS/c1-10-17-9-13(19-10)8-16-7-11-3-4-14(18-2)12(5-11)6-15/h3-5,9,16H,7-8H2,1-2H3. The number of thiazole rings is 1. The van der Waals surface area contributed by atoms with Gasteiger partial charge in [-0.05, 0) is 24.6 Å². The summed E-state index contributed by atoms with van der Waals surface area (Å²) in [6.45, 7) is 3.51. The van der Waals surface area contributed by atoms with Gasteiger partial charge >= 0.3 is 0 Å². The van der Waals surface area contributed by atoms with E-state index < -0.39 is 0 Å².